The third kappa shape index (κ3) is 3.58. The van der Waals surface area contributed by atoms with Crippen LogP contribution in [0, 0.1) is 5.92 Å². The van der Waals surface area contributed by atoms with Gasteiger partial charge in [-0.05, 0) is 37.2 Å². The fourth-order valence-corrected chi connectivity index (χ4v) is 2.25. The number of hydrogen-bond donors (Lipinski definition) is 0. The van der Waals surface area contributed by atoms with E-state index in [2.05, 4.69) is 12.7 Å². The van der Waals surface area contributed by atoms with Crippen molar-refractivity contribution in [2.24, 2.45) is 5.92 Å². The van der Waals surface area contributed by atoms with Gasteiger partial charge in [0.2, 0.25) is 0 Å². The molecule has 1 saturated carbocycles. The molecule has 1 aliphatic rings. The number of unbranched alkanes of at least 4 members (excludes halogenated alkanes) is 1. The predicted molar refractivity (Wildman–Crippen MR) is 58.9 cm³/mol. The highest BCUT2D eigenvalue weighted by Crippen LogP contribution is 2.32. The normalized spacial score (nSPS) is 17.1. The molecule has 0 nitrogen and oxygen atoms in total. The molecule has 0 heterocycles. The van der Waals surface area contributed by atoms with Crippen molar-refractivity contribution in [3.63, 3.8) is 0 Å². The van der Waals surface area contributed by atoms with Crippen LogP contribution in [0.5, 0.6) is 0 Å². The fraction of sp³-hybridized carbons (Fsp3) is 0.750. The molecule has 0 unspecified atom stereocenters. The first-order valence-corrected chi connectivity index (χ1v) is 5.86. The fourth-order valence-electron chi connectivity index (χ4n) is 2.11. The van der Waals surface area contributed by atoms with Gasteiger partial charge in [0.05, 0.1) is 0 Å². The van der Waals surface area contributed by atoms with Gasteiger partial charge in [0, 0.05) is 5.54 Å². The minimum absolute atomic E-state index is 0.793. The van der Waals surface area contributed by atoms with Gasteiger partial charge in [-0.25, -0.2) is 0 Å². The molecule has 13 heavy (non-hydrogen) atoms. The number of rotatable bonds is 4. The van der Waals surface area contributed by atoms with Crippen LogP contribution in [-0.2, 0) is 0 Å². The van der Waals surface area contributed by atoms with Crippen LogP contribution >= 0.6 is 11.6 Å². The third-order valence-electron chi connectivity index (χ3n) is 2.89. The van der Waals surface area contributed by atoms with Crippen LogP contribution in [-0.4, -0.2) is 0 Å². The number of hydrogen-bond acceptors (Lipinski definition) is 0. The quantitative estimate of drug-likeness (QED) is 0.578. The summed E-state index contributed by atoms with van der Waals surface area (Å²) in [5, 5.41) is 0. The van der Waals surface area contributed by atoms with E-state index >= 15 is 0 Å². The molecule has 0 radical (unpaired) electrons. The molecule has 0 bridgehead atoms. The third-order valence-corrected chi connectivity index (χ3v) is 3.00. The summed E-state index contributed by atoms with van der Waals surface area (Å²) >= 11 is 5.60. The van der Waals surface area contributed by atoms with E-state index in [1.165, 1.54) is 50.5 Å². The van der Waals surface area contributed by atoms with Crippen LogP contribution in [0.15, 0.2) is 16.8 Å². The minimum Gasteiger partial charge on any atom is -0.109 e. The van der Waals surface area contributed by atoms with Crippen LogP contribution in [0.25, 0.3) is 0 Å². The highest BCUT2D eigenvalue weighted by molar-refractivity contribution is 6.25. The number of allylic oxidation sites excluding steroid dienone is 1. The van der Waals surface area contributed by atoms with E-state index in [4.69, 9.17) is 11.6 Å². The second-order valence-corrected chi connectivity index (χ2v) is 4.08. The molecular weight excluding hydrogens is 180 g/mol. The summed E-state index contributed by atoms with van der Waals surface area (Å²) in [4.78, 5) is 0. The van der Waals surface area contributed by atoms with Gasteiger partial charge in [-0.15, -0.1) is 5.73 Å². The van der Waals surface area contributed by atoms with Gasteiger partial charge in [0.25, 0.3) is 0 Å². The summed E-state index contributed by atoms with van der Waals surface area (Å²) in [7, 11) is 0. The van der Waals surface area contributed by atoms with Gasteiger partial charge in [0.1, 0.15) is 0 Å². The molecule has 0 amide bonds. The van der Waals surface area contributed by atoms with E-state index in [0.29, 0.717) is 0 Å². The lowest BCUT2D eigenvalue weighted by atomic mass is 9.94. The van der Waals surface area contributed by atoms with Crippen molar-refractivity contribution in [3.05, 3.63) is 16.8 Å². The first-order chi connectivity index (χ1) is 6.38. The van der Waals surface area contributed by atoms with Crippen molar-refractivity contribution >= 4 is 11.6 Å². The van der Waals surface area contributed by atoms with Gasteiger partial charge >= 0.3 is 0 Å². The zero-order valence-electron chi connectivity index (χ0n) is 8.48. The molecule has 1 heteroatoms. The van der Waals surface area contributed by atoms with Crippen molar-refractivity contribution in [1.82, 2.24) is 0 Å². The summed E-state index contributed by atoms with van der Waals surface area (Å²) in [5.74, 6) is 0.793. The largest absolute Gasteiger partial charge is 0.109 e. The monoisotopic (exact) mass is 198 g/mol. The average Bonchev–Trinajstić information content (AvgIpc) is 2.65. The molecule has 0 aromatic carbocycles. The molecule has 0 aliphatic heterocycles. The van der Waals surface area contributed by atoms with Gasteiger partial charge in [-0.2, -0.15) is 0 Å². The summed E-state index contributed by atoms with van der Waals surface area (Å²) < 4.78 is 0. The maximum absolute atomic E-state index is 5.60. The SMILES string of the molecule is CCCCC(=C=CCl)C1CCCC1. The Bertz CT molecular complexity index is 193. The molecule has 0 aromatic rings. The van der Waals surface area contributed by atoms with Gasteiger partial charge in [0.15, 0.2) is 0 Å². The molecule has 1 rings (SSSR count). The lowest BCUT2D eigenvalue weighted by Crippen LogP contribution is -1.97. The number of halogens is 1. The summed E-state index contributed by atoms with van der Waals surface area (Å²) in [6.45, 7) is 2.23. The van der Waals surface area contributed by atoms with Crippen molar-refractivity contribution in [3.8, 4) is 0 Å². The highest BCUT2D eigenvalue weighted by atomic mass is 35.5. The van der Waals surface area contributed by atoms with Crippen molar-refractivity contribution in [2.75, 3.05) is 0 Å². The Labute approximate surface area is 86.7 Å². The Morgan fingerprint density at radius 3 is 2.69 bits per heavy atom. The standard InChI is InChI=1S/C12H19Cl/c1-2-3-6-12(9-10-13)11-7-4-5-8-11/h10-11H,2-8H2,1H3. The first-order valence-electron chi connectivity index (χ1n) is 5.42. The summed E-state index contributed by atoms with van der Waals surface area (Å²) in [6, 6.07) is 0. The van der Waals surface area contributed by atoms with Crippen LogP contribution in [0.3, 0.4) is 0 Å². The second-order valence-electron chi connectivity index (χ2n) is 3.86. The van der Waals surface area contributed by atoms with E-state index in [9.17, 15) is 0 Å². The average molecular weight is 199 g/mol. The molecule has 0 saturated heterocycles. The van der Waals surface area contributed by atoms with Crippen LogP contribution in [0.2, 0.25) is 0 Å². The predicted octanol–water partition coefficient (Wildman–Crippen LogP) is 4.64. The van der Waals surface area contributed by atoms with E-state index in [1.807, 2.05) is 0 Å². The van der Waals surface area contributed by atoms with Crippen LogP contribution < -0.4 is 0 Å². The molecule has 74 valence electrons. The maximum Gasteiger partial charge on any atom is 0.0462 e. The van der Waals surface area contributed by atoms with Gasteiger partial charge in [-0.3, -0.25) is 0 Å². The molecule has 0 atom stereocenters. The minimum atomic E-state index is 0.793. The Morgan fingerprint density at radius 1 is 1.46 bits per heavy atom. The molecule has 1 aliphatic carbocycles. The molecule has 0 aromatic heterocycles. The molecular formula is C12H19Cl. The van der Waals surface area contributed by atoms with Gasteiger partial charge in [-0.1, -0.05) is 37.8 Å². The van der Waals surface area contributed by atoms with Crippen molar-refractivity contribution in [1.29, 1.82) is 0 Å². The van der Waals surface area contributed by atoms with Crippen molar-refractivity contribution in [2.45, 2.75) is 51.9 Å². The van der Waals surface area contributed by atoms with Crippen LogP contribution in [0.1, 0.15) is 51.9 Å². The Balaban J connectivity index is 2.51. The second kappa shape index (κ2) is 6.29. The zero-order chi connectivity index (χ0) is 9.52. The zero-order valence-corrected chi connectivity index (χ0v) is 9.24. The maximum atomic E-state index is 5.60. The Kier molecular flexibility index (Phi) is 5.27. The molecule has 1 fully saturated rings. The summed E-state index contributed by atoms with van der Waals surface area (Å²) in [5.41, 5.74) is 6.24. The molecule has 0 N–H and O–H groups in total. The smallest absolute Gasteiger partial charge is 0.0462 e. The van der Waals surface area contributed by atoms with Crippen LogP contribution in [0.4, 0.5) is 0 Å². The van der Waals surface area contributed by atoms with E-state index in [-0.39, 0.29) is 0 Å². The lowest BCUT2D eigenvalue weighted by molar-refractivity contribution is 0.597. The highest BCUT2D eigenvalue weighted by Gasteiger charge is 2.18. The summed E-state index contributed by atoms with van der Waals surface area (Å²) in [6.07, 6.45) is 9.25. The van der Waals surface area contributed by atoms with Crippen molar-refractivity contribution < 1.29 is 0 Å². The van der Waals surface area contributed by atoms with E-state index in [1.54, 1.807) is 5.54 Å². The topological polar surface area (TPSA) is 0 Å². The van der Waals surface area contributed by atoms with E-state index in [0.717, 1.165) is 5.92 Å². The molecule has 0 spiro atoms. The Hall–Kier alpha value is -0.190. The van der Waals surface area contributed by atoms with E-state index < -0.39 is 0 Å². The van der Waals surface area contributed by atoms with Gasteiger partial charge < -0.3 is 0 Å². The lowest BCUT2D eigenvalue weighted by Gasteiger charge is -2.11. The Morgan fingerprint density at radius 2 is 2.15 bits per heavy atom. The first kappa shape index (κ1) is 10.9.